The third kappa shape index (κ3) is 7.13. The number of nitrogens with zero attached hydrogens (tertiary/aromatic N) is 2. The maximum Gasteiger partial charge on any atom is 0.349 e. The van der Waals surface area contributed by atoms with Crippen LogP contribution in [0.15, 0.2) is 59.3 Å². The highest BCUT2D eigenvalue weighted by atomic mass is 32.1. The SMILES string of the molecule is CN(CCN(C)C1CCC(OC(=O)C(O)(c2cccs2)c2cccs2)CC1)C(=O)COc1ccc(C=O)cc1. The van der Waals surface area contributed by atoms with Crippen molar-refractivity contribution in [2.24, 2.45) is 0 Å². The van der Waals surface area contributed by atoms with E-state index in [1.807, 2.05) is 29.9 Å². The third-order valence-corrected chi connectivity index (χ3v) is 9.14. The van der Waals surface area contributed by atoms with Gasteiger partial charge in [-0.1, -0.05) is 12.1 Å². The number of thiophene rings is 2. The summed E-state index contributed by atoms with van der Waals surface area (Å²) in [7, 11) is 3.81. The van der Waals surface area contributed by atoms with E-state index in [0.29, 0.717) is 40.2 Å². The molecule has 1 N–H and O–H groups in total. The summed E-state index contributed by atoms with van der Waals surface area (Å²) in [6.07, 6.45) is 3.69. The summed E-state index contributed by atoms with van der Waals surface area (Å²) in [6.45, 7) is 1.20. The Morgan fingerprint density at radius 3 is 2.13 bits per heavy atom. The summed E-state index contributed by atoms with van der Waals surface area (Å²) in [5.41, 5.74) is -1.23. The van der Waals surface area contributed by atoms with Crippen molar-refractivity contribution in [2.45, 2.75) is 43.4 Å². The maximum absolute atomic E-state index is 13.2. The van der Waals surface area contributed by atoms with Crippen LogP contribution in [0.5, 0.6) is 5.75 Å². The molecule has 1 fully saturated rings. The molecule has 4 rings (SSSR count). The molecule has 10 heteroatoms. The molecule has 0 saturated heterocycles. The lowest BCUT2D eigenvalue weighted by Gasteiger charge is -2.36. The van der Waals surface area contributed by atoms with Gasteiger partial charge in [0.2, 0.25) is 5.60 Å². The number of benzene rings is 1. The Balaban J connectivity index is 1.20. The van der Waals surface area contributed by atoms with E-state index in [-0.39, 0.29) is 18.6 Å². The predicted molar refractivity (Wildman–Crippen MR) is 151 cm³/mol. The zero-order valence-corrected chi connectivity index (χ0v) is 23.8. The smallest absolute Gasteiger partial charge is 0.349 e. The van der Waals surface area contributed by atoms with Crippen molar-refractivity contribution in [3.63, 3.8) is 0 Å². The second-order valence-corrected chi connectivity index (χ2v) is 11.7. The first kappa shape index (κ1) is 28.9. The van der Waals surface area contributed by atoms with E-state index in [2.05, 4.69) is 4.90 Å². The molecule has 1 aliphatic rings. The lowest BCUT2D eigenvalue weighted by Crippen LogP contribution is -2.44. The highest BCUT2D eigenvalue weighted by Crippen LogP contribution is 2.38. The molecule has 0 atom stereocenters. The molecule has 1 saturated carbocycles. The Kier molecular flexibility index (Phi) is 9.90. The quantitative estimate of drug-likeness (QED) is 0.258. The second-order valence-electron chi connectivity index (χ2n) is 9.77. The van der Waals surface area contributed by atoms with E-state index < -0.39 is 11.6 Å². The van der Waals surface area contributed by atoms with Gasteiger partial charge in [-0.05, 0) is 79.9 Å². The van der Waals surface area contributed by atoms with Crippen molar-refractivity contribution < 1.29 is 29.0 Å². The molecule has 0 spiro atoms. The van der Waals surface area contributed by atoms with Crippen molar-refractivity contribution in [1.82, 2.24) is 9.80 Å². The first-order valence-electron chi connectivity index (χ1n) is 12.9. The van der Waals surface area contributed by atoms with Crippen LogP contribution in [0.25, 0.3) is 0 Å². The minimum Gasteiger partial charge on any atom is -0.484 e. The first-order valence-corrected chi connectivity index (χ1v) is 14.7. The normalized spacial score (nSPS) is 17.5. The van der Waals surface area contributed by atoms with Gasteiger partial charge >= 0.3 is 5.97 Å². The average Bonchev–Trinajstić information content (AvgIpc) is 3.70. The van der Waals surface area contributed by atoms with E-state index in [1.54, 1.807) is 48.3 Å². The molecule has 0 bridgehead atoms. The summed E-state index contributed by atoms with van der Waals surface area (Å²) >= 11 is 2.67. The summed E-state index contributed by atoms with van der Waals surface area (Å²) in [6, 6.07) is 14.1. The molecule has 1 aliphatic carbocycles. The zero-order valence-electron chi connectivity index (χ0n) is 22.2. The molecule has 1 aromatic carbocycles. The number of hydrogen-bond donors (Lipinski definition) is 1. The Morgan fingerprint density at radius 1 is 0.974 bits per heavy atom. The second kappa shape index (κ2) is 13.3. The van der Waals surface area contributed by atoms with E-state index in [1.165, 1.54) is 22.7 Å². The molecule has 0 radical (unpaired) electrons. The zero-order chi connectivity index (χ0) is 27.8. The van der Waals surface area contributed by atoms with Crippen LogP contribution in [0.1, 0.15) is 45.8 Å². The van der Waals surface area contributed by atoms with Crippen LogP contribution in [0, 0.1) is 0 Å². The van der Waals surface area contributed by atoms with E-state index in [9.17, 15) is 19.5 Å². The Bertz CT molecular complexity index is 1170. The molecule has 1 amide bonds. The molecular weight excluding hydrogens is 536 g/mol. The van der Waals surface area contributed by atoms with Crippen LogP contribution in [0.4, 0.5) is 0 Å². The van der Waals surface area contributed by atoms with E-state index in [0.717, 1.165) is 32.0 Å². The van der Waals surface area contributed by atoms with Gasteiger partial charge < -0.3 is 24.4 Å². The number of rotatable bonds is 12. The number of ether oxygens (including phenoxy) is 2. The Labute approximate surface area is 236 Å². The lowest BCUT2D eigenvalue weighted by atomic mass is 9.91. The molecule has 2 aromatic heterocycles. The topological polar surface area (TPSA) is 96.4 Å². The minimum atomic E-state index is -1.78. The summed E-state index contributed by atoms with van der Waals surface area (Å²) in [5.74, 6) is -0.199. The van der Waals surface area contributed by atoms with Crippen molar-refractivity contribution in [3.8, 4) is 5.75 Å². The van der Waals surface area contributed by atoms with Gasteiger partial charge in [-0.3, -0.25) is 9.59 Å². The number of aldehydes is 1. The van der Waals surface area contributed by atoms with Gasteiger partial charge in [0.15, 0.2) is 6.61 Å². The molecule has 2 heterocycles. The third-order valence-electron chi connectivity index (χ3n) is 7.18. The number of hydrogen-bond acceptors (Lipinski definition) is 9. The van der Waals surface area contributed by atoms with Gasteiger partial charge in [0.1, 0.15) is 18.1 Å². The fourth-order valence-electron chi connectivity index (χ4n) is 4.64. The molecule has 8 nitrogen and oxygen atoms in total. The monoisotopic (exact) mass is 570 g/mol. The minimum absolute atomic E-state index is 0.0690. The van der Waals surface area contributed by atoms with Crippen molar-refractivity contribution >= 4 is 40.8 Å². The van der Waals surface area contributed by atoms with Crippen LogP contribution in [-0.2, 0) is 19.9 Å². The number of amides is 1. The average molecular weight is 571 g/mol. The van der Waals surface area contributed by atoms with Crippen LogP contribution in [-0.4, -0.2) is 79.0 Å². The summed E-state index contributed by atoms with van der Waals surface area (Å²) in [4.78, 5) is 41.5. The highest BCUT2D eigenvalue weighted by molar-refractivity contribution is 7.12. The van der Waals surface area contributed by atoms with E-state index in [4.69, 9.17) is 9.47 Å². The first-order chi connectivity index (χ1) is 18.8. The summed E-state index contributed by atoms with van der Waals surface area (Å²) < 4.78 is 11.4. The van der Waals surface area contributed by atoms with Crippen molar-refractivity contribution in [2.75, 3.05) is 33.8 Å². The summed E-state index contributed by atoms with van der Waals surface area (Å²) in [5, 5.41) is 15.1. The number of likely N-dealkylation sites (N-methyl/N-ethyl adjacent to an activating group) is 2. The van der Waals surface area contributed by atoms with Gasteiger partial charge in [-0.25, -0.2) is 4.79 Å². The molecular formula is C29H34N2O6S2. The predicted octanol–water partition coefficient (Wildman–Crippen LogP) is 4.18. The Morgan fingerprint density at radius 2 is 1.59 bits per heavy atom. The molecule has 3 aromatic rings. The Hall–Kier alpha value is -3.05. The van der Waals surface area contributed by atoms with Crippen LogP contribution >= 0.6 is 22.7 Å². The number of carbonyl (C=O) groups is 3. The number of esters is 1. The standard InChI is InChI=1S/C29H34N2O6S2/c1-30(15-16-31(2)27(33)20-36-23-11-7-21(19-32)8-12-23)22-9-13-24(14-10-22)37-28(34)29(35,25-5-3-17-38-25)26-6-4-18-39-26/h3-8,11-12,17-19,22,24,35H,9-10,13-16,20H2,1-2H3. The van der Waals surface area contributed by atoms with Gasteiger partial charge in [0.05, 0.1) is 9.75 Å². The number of aliphatic hydroxyl groups is 1. The van der Waals surface area contributed by atoms with Crippen molar-refractivity contribution in [3.05, 3.63) is 74.6 Å². The van der Waals surface area contributed by atoms with Gasteiger partial charge in [0.25, 0.3) is 5.91 Å². The lowest BCUT2D eigenvalue weighted by molar-refractivity contribution is -0.169. The van der Waals surface area contributed by atoms with Crippen LogP contribution in [0.2, 0.25) is 0 Å². The number of carbonyl (C=O) groups excluding carboxylic acids is 3. The molecule has 0 aliphatic heterocycles. The molecule has 0 unspecified atom stereocenters. The fourth-order valence-corrected chi connectivity index (χ4v) is 6.36. The van der Waals surface area contributed by atoms with Crippen LogP contribution in [0.3, 0.4) is 0 Å². The van der Waals surface area contributed by atoms with Gasteiger partial charge in [0, 0.05) is 31.7 Å². The van der Waals surface area contributed by atoms with Gasteiger partial charge in [-0.15, -0.1) is 22.7 Å². The maximum atomic E-state index is 13.2. The van der Waals surface area contributed by atoms with Gasteiger partial charge in [-0.2, -0.15) is 0 Å². The molecule has 208 valence electrons. The molecule has 39 heavy (non-hydrogen) atoms. The largest absolute Gasteiger partial charge is 0.484 e. The van der Waals surface area contributed by atoms with Crippen molar-refractivity contribution in [1.29, 1.82) is 0 Å². The van der Waals surface area contributed by atoms with Crippen LogP contribution < -0.4 is 4.74 Å². The van der Waals surface area contributed by atoms with E-state index >= 15 is 0 Å². The fraction of sp³-hybridized carbons (Fsp3) is 0.414. The highest BCUT2D eigenvalue weighted by Gasteiger charge is 2.45.